The van der Waals surface area contributed by atoms with E-state index in [-0.39, 0.29) is 5.91 Å². The van der Waals surface area contributed by atoms with Gasteiger partial charge < -0.3 is 9.47 Å². The van der Waals surface area contributed by atoms with Gasteiger partial charge in [-0.15, -0.1) is 11.8 Å². The van der Waals surface area contributed by atoms with E-state index >= 15 is 0 Å². The number of methoxy groups -OCH3 is 2. The molecule has 0 atom stereocenters. The Morgan fingerprint density at radius 1 is 1.06 bits per heavy atom. The minimum absolute atomic E-state index is 0.0286. The fraction of sp³-hybridized carbons (Fsp3) is 0.208. The summed E-state index contributed by atoms with van der Waals surface area (Å²) >= 11 is 3.14. The molecule has 0 spiro atoms. The van der Waals surface area contributed by atoms with Gasteiger partial charge in [-0.25, -0.2) is 4.98 Å². The van der Waals surface area contributed by atoms with E-state index in [0.717, 1.165) is 32.2 Å². The minimum atomic E-state index is 0.0286. The number of hydrogen-bond acceptors (Lipinski definition) is 7. The summed E-state index contributed by atoms with van der Waals surface area (Å²) in [6, 6.07) is 17.4. The lowest BCUT2D eigenvalue weighted by Gasteiger charge is -2.20. The molecule has 164 valence electrons. The van der Waals surface area contributed by atoms with Crippen molar-refractivity contribution >= 4 is 44.4 Å². The lowest BCUT2D eigenvalue weighted by Crippen LogP contribution is -2.30. The summed E-state index contributed by atoms with van der Waals surface area (Å²) < 4.78 is 11.5. The van der Waals surface area contributed by atoms with E-state index in [1.807, 2.05) is 54.6 Å². The normalized spacial score (nSPS) is 10.8. The molecule has 0 bridgehead atoms. The number of anilines is 1. The van der Waals surface area contributed by atoms with Crippen LogP contribution >= 0.6 is 23.1 Å². The van der Waals surface area contributed by atoms with Gasteiger partial charge in [-0.05, 0) is 54.1 Å². The van der Waals surface area contributed by atoms with Crippen LogP contribution in [0.3, 0.4) is 0 Å². The number of ether oxygens (including phenoxy) is 2. The molecular weight excluding hydrogens is 442 g/mol. The molecule has 0 saturated carbocycles. The van der Waals surface area contributed by atoms with Crippen molar-refractivity contribution in [2.45, 2.75) is 17.9 Å². The van der Waals surface area contributed by atoms with Crippen molar-refractivity contribution < 1.29 is 14.3 Å². The molecule has 0 N–H and O–H groups in total. The molecule has 0 aliphatic rings. The van der Waals surface area contributed by atoms with Gasteiger partial charge in [-0.2, -0.15) is 0 Å². The number of thiazole rings is 1. The highest BCUT2D eigenvalue weighted by Gasteiger charge is 2.20. The van der Waals surface area contributed by atoms with Crippen molar-refractivity contribution in [3.05, 3.63) is 72.6 Å². The molecule has 2 aromatic heterocycles. The number of pyridine rings is 1. The van der Waals surface area contributed by atoms with Crippen LogP contribution in [0.1, 0.15) is 12.0 Å². The van der Waals surface area contributed by atoms with Gasteiger partial charge in [0.05, 0.1) is 31.0 Å². The first-order valence-electron chi connectivity index (χ1n) is 10.1. The average Bonchev–Trinajstić information content (AvgIpc) is 3.26. The number of hydrogen-bond donors (Lipinski definition) is 0. The molecule has 8 heteroatoms. The molecular formula is C24H23N3O3S2. The van der Waals surface area contributed by atoms with Gasteiger partial charge in [0.1, 0.15) is 11.5 Å². The Bertz CT molecular complexity index is 1180. The molecule has 6 nitrogen and oxygen atoms in total. The van der Waals surface area contributed by atoms with Crippen molar-refractivity contribution in [3.8, 4) is 11.5 Å². The third kappa shape index (κ3) is 5.38. The van der Waals surface area contributed by atoms with Gasteiger partial charge in [0.2, 0.25) is 5.91 Å². The van der Waals surface area contributed by atoms with Crippen LogP contribution in [0.5, 0.6) is 11.5 Å². The van der Waals surface area contributed by atoms with Crippen LogP contribution in [0.2, 0.25) is 0 Å². The SMILES string of the molecule is COc1ccc(SCCC(=O)N(Cc2cccnc2)c2nc3ccc(OC)cc3s2)cc1. The van der Waals surface area contributed by atoms with Crippen LogP contribution in [0, 0.1) is 0 Å². The Labute approximate surface area is 195 Å². The van der Waals surface area contributed by atoms with E-state index in [1.165, 1.54) is 11.3 Å². The van der Waals surface area contributed by atoms with Gasteiger partial charge in [0.15, 0.2) is 5.13 Å². The van der Waals surface area contributed by atoms with E-state index in [1.54, 1.807) is 43.3 Å². The van der Waals surface area contributed by atoms with E-state index in [9.17, 15) is 4.79 Å². The van der Waals surface area contributed by atoms with Crippen molar-refractivity contribution in [1.82, 2.24) is 9.97 Å². The second-order valence-corrected chi connectivity index (χ2v) is 9.12. The van der Waals surface area contributed by atoms with E-state index in [0.29, 0.717) is 23.8 Å². The van der Waals surface area contributed by atoms with Crippen LogP contribution < -0.4 is 14.4 Å². The fourth-order valence-electron chi connectivity index (χ4n) is 3.14. The number of thioether (sulfide) groups is 1. The van der Waals surface area contributed by atoms with Gasteiger partial charge in [0.25, 0.3) is 0 Å². The summed E-state index contributed by atoms with van der Waals surface area (Å²) in [4.78, 5) is 25.0. The monoisotopic (exact) mass is 465 g/mol. The lowest BCUT2D eigenvalue weighted by atomic mass is 10.2. The molecule has 0 unspecified atom stereocenters. The second-order valence-electron chi connectivity index (χ2n) is 6.95. The zero-order chi connectivity index (χ0) is 22.3. The predicted octanol–water partition coefficient (Wildman–Crippen LogP) is 5.42. The van der Waals surface area contributed by atoms with Crippen molar-refractivity contribution in [2.75, 3.05) is 24.9 Å². The molecule has 1 amide bonds. The quantitative estimate of drug-likeness (QED) is 0.307. The first-order chi connectivity index (χ1) is 15.7. The van der Waals surface area contributed by atoms with E-state index < -0.39 is 0 Å². The molecule has 2 aromatic carbocycles. The number of carbonyl (C=O) groups excluding carboxylic acids is 1. The van der Waals surface area contributed by atoms with Crippen LogP contribution in [-0.2, 0) is 11.3 Å². The zero-order valence-electron chi connectivity index (χ0n) is 17.9. The van der Waals surface area contributed by atoms with Crippen LogP contribution in [0.15, 0.2) is 71.9 Å². The number of benzene rings is 2. The number of carbonyl (C=O) groups is 1. The van der Waals surface area contributed by atoms with Crippen molar-refractivity contribution in [3.63, 3.8) is 0 Å². The first kappa shape index (κ1) is 22.1. The Morgan fingerprint density at radius 3 is 2.56 bits per heavy atom. The van der Waals surface area contributed by atoms with Gasteiger partial charge in [-0.1, -0.05) is 17.4 Å². The first-order valence-corrected chi connectivity index (χ1v) is 11.9. The summed E-state index contributed by atoms with van der Waals surface area (Å²) in [6.07, 6.45) is 3.91. The highest BCUT2D eigenvalue weighted by Crippen LogP contribution is 2.33. The van der Waals surface area contributed by atoms with Gasteiger partial charge in [-0.3, -0.25) is 14.7 Å². The number of rotatable bonds is 9. The standard InChI is InChI=1S/C24H23N3O3S2/c1-29-18-5-8-20(9-6-18)31-13-11-23(28)27(16-17-4-3-12-25-15-17)24-26-21-10-7-19(30-2)14-22(21)32-24/h3-10,12,14-15H,11,13,16H2,1-2H3. The molecule has 0 aliphatic carbocycles. The Balaban J connectivity index is 1.51. The molecule has 32 heavy (non-hydrogen) atoms. The minimum Gasteiger partial charge on any atom is -0.497 e. The predicted molar refractivity (Wildman–Crippen MR) is 130 cm³/mol. The van der Waals surface area contributed by atoms with Gasteiger partial charge in [0, 0.05) is 29.5 Å². The maximum Gasteiger partial charge on any atom is 0.229 e. The maximum absolute atomic E-state index is 13.3. The molecule has 4 rings (SSSR count). The number of aromatic nitrogens is 2. The van der Waals surface area contributed by atoms with Crippen LogP contribution in [0.25, 0.3) is 10.2 Å². The molecule has 4 aromatic rings. The fourth-order valence-corrected chi connectivity index (χ4v) is 4.99. The third-order valence-corrected chi connectivity index (χ3v) is 6.88. The number of amides is 1. The molecule has 2 heterocycles. The van der Waals surface area contributed by atoms with E-state index in [2.05, 4.69) is 4.98 Å². The highest BCUT2D eigenvalue weighted by molar-refractivity contribution is 7.99. The highest BCUT2D eigenvalue weighted by atomic mass is 32.2. The zero-order valence-corrected chi connectivity index (χ0v) is 19.5. The summed E-state index contributed by atoms with van der Waals surface area (Å²) in [5.74, 6) is 2.29. The van der Waals surface area contributed by atoms with Crippen molar-refractivity contribution in [2.24, 2.45) is 0 Å². The topological polar surface area (TPSA) is 64.5 Å². The molecule has 0 saturated heterocycles. The number of fused-ring (bicyclic) bond motifs is 1. The van der Waals surface area contributed by atoms with Crippen LogP contribution in [0.4, 0.5) is 5.13 Å². The summed E-state index contributed by atoms with van der Waals surface area (Å²) in [5, 5.41) is 0.677. The van der Waals surface area contributed by atoms with Gasteiger partial charge >= 0.3 is 0 Å². The Hall–Kier alpha value is -3.10. The smallest absolute Gasteiger partial charge is 0.229 e. The lowest BCUT2D eigenvalue weighted by molar-refractivity contribution is -0.118. The molecule has 0 radical (unpaired) electrons. The average molecular weight is 466 g/mol. The van der Waals surface area contributed by atoms with E-state index in [4.69, 9.17) is 14.5 Å². The number of nitrogens with zero attached hydrogens (tertiary/aromatic N) is 3. The van der Waals surface area contributed by atoms with Crippen molar-refractivity contribution in [1.29, 1.82) is 0 Å². The maximum atomic E-state index is 13.3. The Morgan fingerprint density at radius 2 is 1.84 bits per heavy atom. The van der Waals surface area contributed by atoms with Crippen LogP contribution in [-0.4, -0.2) is 35.8 Å². The molecule has 0 fully saturated rings. The Kier molecular flexibility index (Phi) is 7.24. The summed E-state index contributed by atoms with van der Waals surface area (Å²) in [6.45, 7) is 0.427. The second kappa shape index (κ2) is 10.5. The largest absolute Gasteiger partial charge is 0.497 e. The summed E-state index contributed by atoms with van der Waals surface area (Å²) in [5.41, 5.74) is 1.81. The summed E-state index contributed by atoms with van der Waals surface area (Å²) in [7, 11) is 3.29. The molecule has 0 aliphatic heterocycles. The third-order valence-electron chi connectivity index (χ3n) is 4.82.